The Balaban J connectivity index is 2.83. The van der Waals surface area contributed by atoms with Crippen LogP contribution in [0.5, 0.6) is 0 Å². The Morgan fingerprint density at radius 3 is 2.50 bits per heavy atom. The third kappa shape index (κ3) is 3.47. The van der Waals surface area contributed by atoms with Crippen LogP contribution in [0.15, 0.2) is 0 Å². The van der Waals surface area contributed by atoms with Crippen molar-refractivity contribution in [1.82, 2.24) is 0 Å². The van der Waals surface area contributed by atoms with Crippen LogP contribution in [0.3, 0.4) is 0 Å². The van der Waals surface area contributed by atoms with E-state index in [2.05, 4.69) is 6.92 Å². The van der Waals surface area contributed by atoms with E-state index in [0.29, 0.717) is 6.42 Å². The average Bonchev–Trinajstić information content (AvgIpc) is 1.35. The largest absolute Gasteiger partial charge is 0.481 e. The molecule has 0 fully saturated rings. The van der Waals surface area contributed by atoms with Gasteiger partial charge < -0.3 is 5.11 Å². The van der Waals surface area contributed by atoms with E-state index in [1.165, 1.54) is 0 Å². The van der Waals surface area contributed by atoms with Crippen LogP contribution in [0.1, 0.15) is 6.42 Å². The second-order valence-electron chi connectivity index (χ2n) is 0.831. The van der Waals surface area contributed by atoms with Gasteiger partial charge in [-0.2, -0.15) is 0 Å². The summed E-state index contributed by atoms with van der Waals surface area (Å²) in [6.45, 7) is 3.29. The minimum Gasteiger partial charge on any atom is -0.481 e. The zero-order valence-electron chi connectivity index (χ0n) is 3.35. The molecule has 0 spiro atoms. The normalized spacial score (nSPS) is 8.17. The van der Waals surface area contributed by atoms with Gasteiger partial charge in [-0.05, 0) is 6.42 Å². The molecule has 2 heteroatoms. The first kappa shape index (κ1) is 5.47. The molecule has 0 aromatic rings. The molecule has 0 bridgehead atoms. The van der Waals surface area contributed by atoms with Gasteiger partial charge in [0.15, 0.2) is 0 Å². The number of hydrogen-bond donors (Lipinski definition) is 1. The zero-order chi connectivity index (χ0) is 4.99. The monoisotopic (exact) mass is 86.0 g/mol. The van der Waals surface area contributed by atoms with Crippen LogP contribution in [-0.4, -0.2) is 11.1 Å². The Labute approximate surface area is 36.8 Å². The standard InChI is InChI=1S/C4H6O2/c1-2-3-4(5)6/h3H,1-2H2,(H,5,6). The maximum Gasteiger partial charge on any atom is 0.307 e. The van der Waals surface area contributed by atoms with Crippen molar-refractivity contribution in [2.75, 3.05) is 0 Å². The summed E-state index contributed by atoms with van der Waals surface area (Å²) < 4.78 is 0. The lowest BCUT2D eigenvalue weighted by atomic mass is 10.4. The first-order chi connectivity index (χ1) is 2.77. The van der Waals surface area contributed by atoms with E-state index in [-0.39, 0.29) is 0 Å². The predicted octanol–water partition coefficient (Wildman–Crippen LogP) is 0.499. The summed E-state index contributed by atoms with van der Waals surface area (Å²) in [6, 6.07) is 0. The molecule has 0 saturated carbocycles. The van der Waals surface area contributed by atoms with Gasteiger partial charge in [-0.3, -0.25) is 4.79 Å². The van der Waals surface area contributed by atoms with Crippen molar-refractivity contribution in [3.8, 4) is 0 Å². The van der Waals surface area contributed by atoms with Gasteiger partial charge in [-0.25, -0.2) is 0 Å². The van der Waals surface area contributed by atoms with Crippen molar-refractivity contribution < 1.29 is 9.90 Å². The smallest absolute Gasteiger partial charge is 0.307 e. The molecule has 0 amide bonds. The Morgan fingerprint density at radius 2 is 2.50 bits per heavy atom. The summed E-state index contributed by atoms with van der Waals surface area (Å²) in [5.41, 5.74) is 0. The highest BCUT2D eigenvalue weighted by atomic mass is 16.4. The molecular formula is C4H6O2. The summed E-state index contributed by atoms with van der Waals surface area (Å²) >= 11 is 0. The van der Waals surface area contributed by atoms with Crippen LogP contribution in [0.4, 0.5) is 0 Å². The van der Waals surface area contributed by atoms with Crippen molar-refractivity contribution >= 4 is 5.97 Å². The fourth-order valence-corrected chi connectivity index (χ4v) is 0.123. The summed E-state index contributed by atoms with van der Waals surface area (Å²) in [5, 5.41) is 7.82. The van der Waals surface area contributed by atoms with Crippen LogP contribution in [0.25, 0.3) is 0 Å². The van der Waals surface area contributed by atoms with Gasteiger partial charge >= 0.3 is 5.97 Å². The molecule has 0 aliphatic carbocycles. The third-order valence-electron chi connectivity index (χ3n) is 0.319. The number of carboxylic acids is 1. The second-order valence-corrected chi connectivity index (χ2v) is 0.831. The highest BCUT2D eigenvalue weighted by Gasteiger charge is 1.88. The van der Waals surface area contributed by atoms with Crippen LogP contribution < -0.4 is 0 Å². The van der Waals surface area contributed by atoms with Crippen LogP contribution in [0, 0.1) is 13.3 Å². The number of carboxylic acid groups (broad SMARTS) is 1. The van der Waals surface area contributed by atoms with E-state index in [9.17, 15) is 4.79 Å². The topological polar surface area (TPSA) is 37.3 Å². The highest BCUT2D eigenvalue weighted by Crippen LogP contribution is 1.79. The molecule has 0 saturated heterocycles. The van der Waals surface area contributed by atoms with Crippen molar-refractivity contribution in [2.45, 2.75) is 6.42 Å². The summed E-state index contributed by atoms with van der Waals surface area (Å²) in [4.78, 5) is 9.50. The molecule has 6 heavy (non-hydrogen) atoms. The third-order valence-corrected chi connectivity index (χ3v) is 0.319. The number of hydrogen-bond acceptors (Lipinski definition) is 1. The summed E-state index contributed by atoms with van der Waals surface area (Å²) in [5.74, 6) is -0.898. The van der Waals surface area contributed by atoms with Gasteiger partial charge in [0.25, 0.3) is 0 Å². The van der Waals surface area contributed by atoms with Crippen molar-refractivity contribution in [1.29, 1.82) is 0 Å². The molecule has 34 valence electrons. The molecule has 0 heterocycles. The molecule has 0 unspecified atom stereocenters. The zero-order valence-corrected chi connectivity index (χ0v) is 3.35. The van der Waals surface area contributed by atoms with Gasteiger partial charge in [-0.1, -0.05) is 6.92 Å². The molecule has 0 atom stereocenters. The molecule has 0 aliphatic rings. The van der Waals surface area contributed by atoms with E-state index >= 15 is 0 Å². The summed E-state index contributed by atoms with van der Waals surface area (Å²) in [7, 11) is 0. The second kappa shape index (κ2) is 2.69. The average molecular weight is 86.1 g/mol. The quantitative estimate of drug-likeness (QED) is 0.531. The van der Waals surface area contributed by atoms with Gasteiger partial charge in [0.1, 0.15) is 0 Å². The van der Waals surface area contributed by atoms with Crippen LogP contribution >= 0.6 is 0 Å². The first-order valence-corrected chi connectivity index (χ1v) is 1.62. The number of aliphatic carboxylic acids is 1. The lowest BCUT2D eigenvalue weighted by Gasteiger charge is -1.78. The molecule has 2 nitrogen and oxygen atoms in total. The number of carbonyl (C=O) groups is 1. The molecule has 2 radical (unpaired) electrons. The Bertz CT molecular complexity index is 49.5. The van der Waals surface area contributed by atoms with Gasteiger partial charge in [0, 0.05) is 0 Å². The first-order valence-electron chi connectivity index (χ1n) is 1.62. The van der Waals surface area contributed by atoms with Crippen molar-refractivity contribution in [3.63, 3.8) is 0 Å². The lowest BCUT2D eigenvalue weighted by Crippen LogP contribution is -1.91. The fourth-order valence-electron chi connectivity index (χ4n) is 0.123. The van der Waals surface area contributed by atoms with E-state index in [4.69, 9.17) is 5.11 Å². The number of rotatable bonds is 2. The lowest BCUT2D eigenvalue weighted by molar-refractivity contribution is -0.133. The molecule has 0 rings (SSSR count). The van der Waals surface area contributed by atoms with Gasteiger partial charge in [0.05, 0.1) is 6.42 Å². The Kier molecular flexibility index (Phi) is 2.46. The fraction of sp³-hybridized carbons (Fsp3) is 0.250. The predicted molar refractivity (Wildman–Crippen MR) is 21.9 cm³/mol. The van der Waals surface area contributed by atoms with Crippen molar-refractivity contribution in [3.05, 3.63) is 13.3 Å². The molecular weight excluding hydrogens is 80.0 g/mol. The van der Waals surface area contributed by atoms with Gasteiger partial charge in [0.2, 0.25) is 0 Å². The minimum absolute atomic E-state index is 0.356. The van der Waals surface area contributed by atoms with E-state index in [0.717, 1.165) is 6.42 Å². The minimum atomic E-state index is -0.898. The maximum absolute atomic E-state index is 9.50. The highest BCUT2D eigenvalue weighted by molar-refractivity contribution is 5.76. The van der Waals surface area contributed by atoms with E-state index < -0.39 is 5.97 Å². The molecule has 0 aromatic heterocycles. The van der Waals surface area contributed by atoms with Gasteiger partial charge in [-0.15, -0.1) is 0 Å². The SMILES string of the molecule is [CH2]C[CH]C(=O)O. The van der Waals surface area contributed by atoms with Crippen molar-refractivity contribution in [2.24, 2.45) is 0 Å². The molecule has 1 N–H and O–H groups in total. The van der Waals surface area contributed by atoms with E-state index in [1.54, 1.807) is 0 Å². The van der Waals surface area contributed by atoms with Crippen LogP contribution in [-0.2, 0) is 4.79 Å². The molecule has 0 aromatic carbocycles. The molecule has 0 aliphatic heterocycles. The summed E-state index contributed by atoms with van der Waals surface area (Å²) in [6.07, 6.45) is 1.45. The van der Waals surface area contributed by atoms with Crippen LogP contribution in [0.2, 0.25) is 0 Å². The van der Waals surface area contributed by atoms with E-state index in [1.807, 2.05) is 0 Å². The Hall–Kier alpha value is -0.530. The maximum atomic E-state index is 9.50. The Morgan fingerprint density at radius 1 is 2.00 bits per heavy atom.